The van der Waals surface area contributed by atoms with E-state index in [4.69, 9.17) is 4.74 Å². The van der Waals surface area contributed by atoms with Crippen LogP contribution < -0.4 is 10.1 Å². The van der Waals surface area contributed by atoms with Crippen molar-refractivity contribution in [2.75, 3.05) is 26.0 Å². The molecule has 2 aromatic rings. The van der Waals surface area contributed by atoms with E-state index in [9.17, 15) is 13.2 Å². The summed E-state index contributed by atoms with van der Waals surface area (Å²) in [5, 5.41) is 2.88. The molecule has 164 valence electrons. The zero-order valence-corrected chi connectivity index (χ0v) is 19.5. The van der Waals surface area contributed by atoms with Gasteiger partial charge in [-0.2, -0.15) is 0 Å². The molecule has 0 unspecified atom stereocenters. The van der Waals surface area contributed by atoms with Crippen LogP contribution in [-0.4, -0.2) is 39.3 Å². The van der Waals surface area contributed by atoms with Crippen LogP contribution in [0.3, 0.4) is 0 Å². The van der Waals surface area contributed by atoms with E-state index in [2.05, 4.69) is 11.4 Å². The number of amides is 1. The van der Waals surface area contributed by atoms with Crippen LogP contribution in [0.2, 0.25) is 0 Å². The monoisotopic (exact) mass is 432 g/mol. The number of ether oxygens (including phenoxy) is 1. The van der Waals surface area contributed by atoms with Crippen LogP contribution in [0.4, 0.5) is 5.69 Å². The molecule has 0 saturated heterocycles. The average Bonchev–Trinajstić information content (AvgIpc) is 2.68. The summed E-state index contributed by atoms with van der Waals surface area (Å²) >= 11 is 0. The number of carbonyl (C=O) groups excluding carboxylic acids is 1. The van der Waals surface area contributed by atoms with Crippen molar-refractivity contribution in [1.82, 2.24) is 4.31 Å². The Morgan fingerprint density at radius 2 is 1.70 bits per heavy atom. The quantitative estimate of drug-likeness (QED) is 0.597. The summed E-state index contributed by atoms with van der Waals surface area (Å²) in [7, 11) is -0.520. The Kier molecular flexibility index (Phi) is 7.66. The summed E-state index contributed by atoms with van der Waals surface area (Å²) in [6.07, 6.45) is 1.41. The number of carbonyl (C=O) groups is 1. The van der Waals surface area contributed by atoms with Gasteiger partial charge < -0.3 is 10.1 Å². The third kappa shape index (κ3) is 6.06. The third-order valence-corrected chi connectivity index (χ3v) is 6.88. The number of hydrogen-bond donors (Lipinski definition) is 1. The van der Waals surface area contributed by atoms with Gasteiger partial charge in [0.25, 0.3) is 0 Å². The second-order valence-electron chi connectivity index (χ2n) is 8.37. The number of nitrogens with one attached hydrogen (secondary N) is 1. The summed E-state index contributed by atoms with van der Waals surface area (Å²) in [6.45, 7) is 8.37. The molecule has 6 nitrogen and oxygen atoms in total. The molecule has 0 atom stereocenters. The molecule has 0 spiro atoms. The highest BCUT2D eigenvalue weighted by Gasteiger charge is 2.27. The predicted octanol–water partition coefficient (Wildman–Crippen LogP) is 4.38. The van der Waals surface area contributed by atoms with Crippen molar-refractivity contribution in [3.63, 3.8) is 0 Å². The van der Waals surface area contributed by atoms with Crippen LogP contribution in [0, 0.1) is 19.3 Å². The number of anilines is 1. The van der Waals surface area contributed by atoms with E-state index >= 15 is 0 Å². The van der Waals surface area contributed by atoms with Gasteiger partial charge in [-0.1, -0.05) is 26.0 Å². The summed E-state index contributed by atoms with van der Waals surface area (Å²) in [5.41, 5.74) is 2.23. The summed E-state index contributed by atoms with van der Waals surface area (Å²) in [6, 6.07) is 12.3. The van der Waals surface area contributed by atoms with Crippen LogP contribution in [0.5, 0.6) is 5.75 Å². The van der Waals surface area contributed by atoms with Crippen LogP contribution in [-0.2, 0) is 14.8 Å². The Labute approximate surface area is 180 Å². The molecule has 30 heavy (non-hydrogen) atoms. The van der Waals surface area contributed by atoms with E-state index in [1.807, 2.05) is 39.8 Å². The lowest BCUT2D eigenvalue weighted by Crippen LogP contribution is -2.31. The number of rotatable bonds is 9. The summed E-state index contributed by atoms with van der Waals surface area (Å²) in [5.74, 6) is 0.766. The maximum atomic E-state index is 12.7. The first kappa shape index (κ1) is 23.9. The molecule has 0 saturated carbocycles. The molecule has 0 fully saturated rings. The molecule has 0 bridgehead atoms. The highest BCUT2D eigenvalue weighted by Crippen LogP contribution is 2.26. The second-order valence-corrected chi connectivity index (χ2v) is 10.5. The van der Waals surface area contributed by atoms with Crippen molar-refractivity contribution < 1.29 is 17.9 Å². The Morgan fingerprint density at radius 1 is 1.07 bits per heavy atom. The second kappa shape index (κ2) is 9.62. The summed E-state index contributed by atoms with van der Waals surface area (Å²) in [4.78, 5) is 12.9. The minimum atomic E-state index is -3.49. The van der Waals surface area contributed by atoms with Crippen molar-refractivity contribution >= 4 is 21.6 Å². The molecule has 0 aliphatic rings. The molecular formula is C23H32N2O4S. The smallest absolute Gasteiger partial charge is 0.242 e. The van der Waals surface area contributed by atoms with E-state index in [1.54, 1.807) is 12.1 Å². The molecule has 1 N–H and O–H groups in total. The van der Waals surface area contributed by atoms with Gasteiger partial charge in [0.05, 0.1) is 11.5 Å². The van der Waals surface area contributed by atoms with Crippen molar-refractivity contribution in [2.24, 2.45) is 5.41 Å². The molecule has 2 aromatic carbocycles. The first-order chi connectivity index (χ1) is 13.9. The number of sulfonamides is 1. The van der Waals surface area contributed by atoms with Gasteiger partial charge in [-0.15, -0.1) is 0 Å². The molecule has 7 heteroatoms. The number of aryl methyl sites for hydroxylation is 2. The zero-order valence-electron chi connectivity index (χ0n) is 18.7. The highest BCUT2D eigenvalue weighted by atomic mass is 32.2. The van der Waals surface area contributed by atoms with Crippen LogP contribution in [0.15, 0.2) is 47.4 Å². The largest absolute Gasteiger partial charge is 0.493 e. The molecule has 0 aromatic heterocycles. The van der Waals surface area contributed by atoms with Gasteiger partial charge in [-0.25, -0.2) is 12.7 Å². The van der Waals surface area contributed by atoms with Gasteiger partial charge in [-0.05, 0) is 68.1 Å². The maximum absolute atomic E-state index is 12.7. The van der Waals surface area contributed by atoms with Gasteiger partial charge in [0.2, 0.25) is 15.9 Å². The zero-order chi connectivity index (χ0) is 22.5. The average molecular weight is 433 g/mol. The molecule has 1 amide bonds. The van der Waals surface area contributed by atoms with Crippen LogP contribution in [0.25, 0.3) is 0 Å². The first-order valence-corrected chi connectivity index (χ1v) is 11.4. The van der Waals surface area contributed by atoms with Gasteiger partial charge in [0, 0.05) is 25.2 Å². The lowest BCUT2D eigenvalue weighted by Gasteiger charge is -2.24. The van der Waals surface area contributed by atoms with Gasteiger partial charge >= 0.3 is 0 Å². The molecule has 0 aliphatic heterocycles. The van der Waals surface area contributed by atoms with E-state index < -0.39 is 15.4 Å². The van der Waals surface area contributed by atoms with Crippen LogP contribution in [0.1, 0.15) is 37.8 Å². The van der Waals surface area contributed by atoms with Crippen LogP contribution >= 0.6 is 0 Å². The predicted molar refractivity (Wildman–Crippen MR) is 120 cm³/mol. The fourth-order valence-electron chi connectivity index (χ4n) is 2.89. The fraction of sp³-hybridized carbons (Fsp3) is 0.435. The van der Waals surface area contributed by atoms with Crippen molar-refractivity contribution in [3.8, 4) is 5.75 Å². The lowest BCUT2D eigenvalue weighted by molar-refractivity contribution is -0.124. The van der Waals surface area contributed by atoms with E-state index in [0.29, 0.717) is 18.7 Å². The minimum absolute atomic E-state index is 0.113. The molecular weight excluding hydrogens is 400 g/mol. The van der Waals surface area contributed by atoms with E-state index in [0.717, 1.165) is 27.6 Å². The lowest BCUT2D eigenvalue weighted by atomic mass is 9.87. The Hall–Kier alpha value is -2.38. The normalized spacial score (nSPS) is 12.1. The molecule has 2 rings (SSSR count). The minimum Gasteiger partial charge on any atom is -0.493 e. The number of hydrogen-bond acceptors (Lipinski definition) is 4. The van der Waals surface area contributed by atoms with Gasteiger partial charge in [0.15, 0.2) is 0 Å². The van der Waals surface area contributed by atoms with Gasteiger partial charge in [0.1, 0.15) is 5.75 Å². The molecule has 0 heterocycles. The van der Waals surface area contributed by atoms with Gasteiger partial charge in [-0.3, -0.25) is 4.79 Å². The van der Waals surface area contributed by atoms with Crippen molar-refractivity contribution in [1.29, 1.82) is 0 Å². The Balaban J connectivity index is 1.90. The first-order valence-electron chi connectivity index (χ1n) is 9.97. The number of nitrogens with zero attached hydrogens (tertiary/aromatic N) is 1. The Morgan fingerprint density at radius 3 is 2.30 bits per heavy atom. The fourth-order valence-corrected chi connectivity index (χ4v) is 3.80. The summed E-state index contributed by atoms with van der Waals surface area (Å²) < 4.78 is 31.3. The van der Waals surface area contributed by atoms with E-state index in [1.165, 1.54) is 26.2 Å². The Bertz CT molecular complexity index is 981. The molecule has 0 radical (unpaired) electrons. The van der Waals surface area contributed by atoms with E-state index in [-0.39, 0.29) is 10.8 Å². The maximum Gasteiger partial charge on any atom is 0.242 e. The molecule has 0 aliphatic carbocycles. The number of benzene rings is 2. The SMILES string of the molecule is Cc1ccc(C)c(OCCCC(C)(C)C(=O)Nc2ccc(S(=O)(=O)N(C)C)cc2)c1. The standard InChI is InChI=1S/C23H32N2O4S/c1-17-8-9-18(2)21(16-17)29-15-7-14-23(3,4)22(26)24-19-10-12-20(13-11-19)30(27,28)25(5)6/h8-13,16H,7,14-15H2,1-6H3,(H,24,26). The highest BCUT2D eigenvalue weighted by molar-refractivity contribution is 7.89. The van der Waals surface area contributed by atoms with Crippen molar-refractivity contribution in [3.05, 3.63) is 53.6 Å². The topological polar surface area (TPSA) is 75.7 Å². The van der Waals surface area contributed by atoms with Crippen molar-refractivity contribution in [2.45, 2.75) is 45.4 Å². The third-order valence-electron chi connectivity index (χ3n) is 5.05.